The summed E-state index contributed by atoms with van der Waals surface area (Å²) in [7, 11) is 0. The number of anilines is 5. The van der Waals surface area contributed by atoms with Crippen LogP contribution < -0.4 is 9.80 Å². The minimum absolute atomic E-state index is 0.0519. The summed E-state index contributed by atoms with van der Waals surface area (Å²) in [5.74, 6) is 0.592. The van der Waals surface area contributed by atoms with Gasteiger partial charge in [0.05, 0.1) is 6.04 Å². The van der Waals surface area contributed by atoms with Gasteiger partial charge in [-0.2, -0.15) is 0 Å². The van der Waals surface area contributed by atoms with Crippen molar-refractivity contribution < 1.29 is 0 Å². The maximum atomic E-state index is 2.67. The van der Waals surface area contributed by atoms with Crippen LogP contribution in [0.5, 0.6) is 0 Å². The molecule has 4 aliphatic carbocycles. The molecule has 3 unspecified atom stereocenters. The first-order valence-corrected chi connectivity index (χ1v) is 22.8. The van der Waals surface area contributed by atoms with Crippen molar-refractivity contribution in [2.45, 2.75) is 63.8 Å². The third-order valence-electron chi connectivity index (χ3n) is 15.1. The Labute approximate surface area is 372 Å². The molecule has 2 heteroatoms. The summed E-state index contributed by atoms with van der Waals surface area (Å²) in [6.45, 7) is 12.0. The van der Waals surface area contributed by atoms with E-state index in [-0.39, 0.29) is 22.8 Å². The fraction of sp³-hybridized carbons (Fsp3) is 0.180. The Morgan fingerprint density at radius 1 is 0.556 bits per heavy atom. The predicted molar refractivity (Wildman–Crippen MR) is 266 cm³/mol. The first kappa shape index (κ1) is 37.8. The SMILES string of the molecule is CC1=CCC2C(=C1)c1ccccc1N2c1ccc(N(c2ccc(-c3ccccc3)cc2)c2cc(-c3ccccc3)c3c(c2)C(C)(C)C2C=C4C(=CC32)C(C)(C)c2ccccc24)cc1. The monoisotopic (exact) mass is 812 g/mol. The van der Waals surface area contributed by atoms with Crippen molar-refractivity contribution in [2.24, 2.45) is 5.92 Å². The first-order chi connectivity index (χ1) is 30.7. The van der Waals surface area contributed by atoms with Crippen LogP contribution in [0.25, 0.3) is 33.4 Å². The maximum Gasteiger partial charge on any atom is 0.0633 e. The van der Waals surface area contributed by atoms with Gasteiger partial charge in [0.1, 0.15) is 0 Å². The molecule has 12 rings (SSSR count). The van der Waals surface area contributed by atoms with E-state index >= 15 is 0 Å². The number of nitrogens with zero attached hydrogens (tertiary/aromatic N) is 2. The Kier molecular flexibility index (Phi) is 8.44. The highest BCUT2D eigenvalue weighted by Crippen LogP contribution is 2.62. The second kappa shape index (κ2) is 14.1. The highest BCUT2D eigenvalue weighted by Gasteiger charge is 2.51. The quantitative estimate of drug-likeness (QED) is 0.165. The van der Waals surface area contributed by atoms with E-state index in [0.717, 1.165) is 17.8 Å². The molecule has 0 amide bonds. The largest absolute Gasteiger partial charge is 0.333 e. The van der Waals surface area contributed by atoms with Gasteiger partial charge in [0.15, 0.2) is 0 Å². The van der Waals surface area contributed by atoms with Crippen molar-refractivity contribution in [2.75, 3.05) is 9.80 Å². The van der Waals surface area contributed by atoms with Crippen molar-refractivity contribution in [1.29, 1.82) is 0 Å². The Bertz CT molecular complexity index is 3090. The average molecular weight is 813 g/mol. The molecule has 7 aromatic rings. The van der Waals surface area contributed by atoms with Crippen LogP contribution >= 0.6 is 0 Å². The van der Waals surface area contributed by atoms with Crippen LogP contribution in [-0.4, -0.2) is 6.04 Å². The van der Waals surface area contributed by atoms with Crippen LogP contribution in [0.15, 0.2) is 205 Å². The Hall–Kier alpha value is -6.90. The van der Waals surface area contributed by atoms with Gasteiger partial charge in [-0.05, 0) is 141 Å². The van der Waals surface area contributed by atoms with E-state index in [0.29, 0.717) is 5.92 Å². The zero-order chi connectivity index (χ0) is 42.6. The molecule has 7 aromatic carbocycles. The second-order valence-electron chi connectivity index (χ2n) is 19.4. The summed E-state index contributed by atoms with van der Waals surface area (Å²) in [4.78, 5) is 5.04. The van der Waals surface area contributed by atoms with E-state index in [9.17, 15) is 0 Å². The molecule has 0 fully saturated rings. The van der Waals surface area contributed by atoms with Crippen LogP contribution in [0.3, 0.4) is 0 Å². The smallest absolute Gasteiger partial charge is 0.0633 e. The van der Waals surface area contributed by atoms with Gasteiger partial charge in [-0.3, -0.25) is 0 Å². The lowest BCUT2D eigenvalue weighted by Crippen LogP contribution is -2.27. The number of rotatable bonds is 6. The lowest BCUT2D eigenvalue weighted by Gasteiger charge is -2.34. The molecule has 0 saturated heterocycles. The summed E-state index contributed by atoms with van der Waals surface area (Å²) in [5.41, 5.74) is 23.6. The van der Waals surface area contributed by atoms with Crippen molar-refractivity contribution in [3.8, 4) is 22.3 Å². The molecular formula is C61H52N2. The molecule has 306 valence electrons. The predicted octanol–water partition coefficient (Wildman–Crippen LogP) is 16.0. The highest BCUT2D eigenvalue weighted by atomic mass is 15.2. The van der Waals surface area contributed by atoms with E-state index < -0.39 is 0 Å². The molecular weight excluding hydrogens is 761 g/mol. The molecule has 63 heavy (non-hydrogen) atoms. The Balaban J connectivity index is 1.03. The van der Waals surface area contributed by atoms with Gasteiger partial charge >= 0.3 is 0 Å². The average Bonchev–Trinajstić information content (AvgIpc) is 3.85. The number of hydrogen-bond donors (Lipinski definition) is 0. The molecule has 0 bridgehead atoms. The fourth-order valence-electron chi connectivity index (χ4n) is 11.9. The number of hydrogen-bond acceptors (Lipinski definition) is 2. The molecule has 3 atom stereocenters. The van der Waals surface area contributed by atoms with Crippen LogP contribution in [0.4, 0.5) is 28.4 Å². The maximum absolute atomic E-state index is 2.67. The fourth-order valence-corrected chi connectivity index (χ4v) is 11.9. The van der Waals surface area contributed by atoms with Gasteiger partial charge in [-0.25, -0.2) is 0 Å². The van der Waals surface area contributed by atoms with Gasteiger partial charge in [0.2, 0.25) is 0 Å². The molecule has 0 radical (unpaired) electrons. The normalized spacial score (nSPS) is 20.5. The van der Waals surface area contributed by atoms with Crippen molar-refractivity contribution in [3.05, 3.63) is 233 Å². The standard InChI is InChI=1S/C61H52N2/c1-39-24-33-58-51(34-39)48-21-13-15-23-57(48)63(58)45-31-29-44(30-32-45)62(43-27-25-41(26-28-43)40-16-8-6-9-17-40)46-35-49(42-18-10-7-11-19-42)59-52-38-54-50(37-55(52)61(4,5)56(59)36-46)47-20-12-14-22-53(47)60(54,2)3/h6-32,34-38,52,55,58H,33H2,1-5H3. The summed E-state index contributed by atoms with van der Waals surface area (Å²) in [5, 5.41) is 0. The number of allylic oxidation sites excluding steroid dienone is 6. The summed E-state index contributed by atoms with van der Waals surface area (Å²) in [6.07, 6.45) is 11.1. The number of para-hydroxylation sites is 1. The summed E-state index contributed by atoms with van der Waals surface area (Å²) < 4.78 is 0. The lowest BCUT2D eigenvalue weighted by atomic mass is 9.70. The first-order valence-electron chi connectivity index (χ1n) is 22.8. The van der Waals surface area contributed by atoms with Crippen LogP contribution in [0.2, 0.25) is 0 Å². The molecule has 1 heterocycles. The zero-order valence-corrected chi connectivity index (χ0v) is 36.8. The lowest BCUT2D eigenvalue weighted by molar-refractivity contribution is 0.393. The zero-order valence-electron chi connectivity index (χ0n) is 36.8. The highest BCUT2D eigenvalue weighted by molar-refractivity contribution is 5.95. The van der Waals surface area contributed by atoms with Gasteiger partial charge < -0.3 is 9.80 Å². The molecule has 2 nitrogen and oxygen atoms in total. The molecule has 0 aromatic heterocycles. The Morgan fingerprint density at radius 2 is 1.17 bits per heavy atom. The van der Waals surface area contributed by atoms with Crippen LogP contribution in [0.1, 0.15) is 74.8 Å². The molecule has 5 aliphatic rings. The minimum Gasteiger partial charge on any atom is -0.333 e. The minimum atomic E-state index is -0.121. The van der Waals surface area contributed by atoms with E-state index in [2.05, 4.69) is 239 Å². The molecule has 1 aliphatic heterocycles. The topological polar surface area (TPSA) is 6.48 Å². The van der Waals surface area contributed by atoms with Gasteiger partial charge in [0, 0.05) is 45.3 Å². The van der Waals surface area contributed by atoms with E-state index in [4.69, 9.17) is 0 Å². The Morgan fingerprint density at radius 3 is 1.90 bits per heavy atom. The van der Waals surface area contributed by atoms with Gasteiger partial charge in [-0.15, -0.1) is 0 Å². The van der Waals surface area contributed by atoms with Crippen LogP contribution in [0, 0.1) is 5.92 Å². The van der Waals surface area contributed by atoms with Crippen LogP contribution in [-0.2, 0) is 10.8 Å². The van der Waals surface area contributed by atoms with Crippen molar-refractivity contribution in [1.82, 2.24) is 0 Å². The summed E-state index contributed by atoms with van der Waals surface area (Å²) in [6, 6.07) is 63.7. The van der Waals surface area contributed by atoms with Gasteiger partial charge in [-0.1, -0.05) is 173 Å². The number of fused-ring (bicyclic) bond motifs is 9. The van der Waals surface area contributed by atoms with Gasteiger partial charge in [0.25, 0.3) is 0 Å². The van der Waals surface area contributed by atoms with E-state index in [1.165, 1.54) is 89.4 Å². The van der Waals surface area contributed by atoms with E-state index in [1.807, 2.05) is 0 Å². The van der Waals surface area contributed by atoms with E-state index in [1.54, 1.807) is 0 Å². The van der Waals surface area contributed by atoms with Crippen molar-refractivity contribution >= 4 is 39.6 Å². The number of benzene rings is 7. The summed E-state index contributed by atoms with van der Waals surface area (Å²) >= 11 is 0. The molecule has 0 spiro atoms. The second-order valence-corrected chi connectivity index (χ2v) is 19.4. The molecule has 0 saturated carbocycles. The van der Waals surface area contributed by atoms with Crippen molar-refractivity contribution in [3.63, 3.8) is 0 Å². The third kappa shape index (κ3) is 5.77. The molecule has 0 N–H and O–H groups in total. The third-order valence-corrected chi connectivity index (χ3v) is 15.1.